The van der Waals surface area contributed by atoms with Crippen LogP contribution in [0.5, 0.6) is 17.2 Å². The maximum atomic E-state index is 11.6. The van der Waals surface area contributed by atoms with Crippen LogP contribution in [0, 0.1) is 0 Å². The number of rotatable bonds is 5. The molecule has 0 bridgehead atoms. The van der Waals surface area contributed by atoms with Crippen LogP contribution >= 0.6 is 33.9 Å². The molecule has 2 rings (SSSR count). The Kier molecular flexibility index (Phi) is 6.05. The Morgan fingerprint density at radius 3 is 2.12 bits per heavy atom. The van der Waals surface area contributed by atoms with E-state index < -0.39 is 15.0 Å². The standard InChI is InChI=1S/C15H11Cl3O6S/c1-22-12-4-3-9(7-13(12)25(18,20)21)24-14-10(16)5-8(6-11(14)17)15(19)23-2/h3-7H,1-2H3. The van der Waals surface area contributed by atoms with Crippen LogP contribution in [0.15, 0.2) is 35.2 Å². The summed E-state index contributed by atoms with van der Waals surface area (Å²) in [5.74, 6) is -0.412. The maximum absolute atomic E-state index is 11.6. The van der Waals surface area contributed by atoms with Gasteiger partial charge in [-0.05, 0) is 24.3 Å². The molecule has 25 heavy (non-hydrogen) atoms. The van der Waals surface area contributed by atoms with Gasteiger partial charge in [-0.25, -0.2) is 13.2 Å². The van der Waals surface area contributed by atoms with Gasteiger partial charge < -0.3 is 14.2 Å². The van der Waals surface area contributed by atoms with Crippen molar-refractivity contribution in [3.63, 3.8) is 0 Å². The molecule has 0 aliphatic carbocycles. The minimum Gasteiger partial charge on any atom is -0.495 e. The predicted octanol–water partition coefficient (Wildman–Crippen LogP) is 4.51. The highest BCUT2D eigenvalue weighted by Gasteiger charge is 2.20. The van der Waals surface area contributed by atoms with E-state index in [1.165, 1.54) is 44.6 Å². The number of carbonyl (C=O) groups is 1. The molecule has 134 valence electrons. The second-order valence-electron chi connectivity index (χ2n) is 4.61. The molecule has 2 aromatic carbocycles. The molecule has 0 saturated heterocycles. The number of hydrogen-bond acceptors (Lipinski definition) is 6. The first-order valence-electron chi connectivity index (χ1n) is 6.55. The molecule has 2 aromatic rings. The Hall–Kier alpha value is -1.67. The molecule has 10 heteroatoms. The van der Waals surface area contributed by atoms with Crippen LogP contribution in [-0.4, -0.2) is 28.6 Å². The van der Waals surface area contributed by atoms with E-state index >= 15 is 0 Å². The van der Waals surface area contributed by atoms with E-state index in [2.05, 4.69) is 4.74 Å². The summed E-state index contributed by atoms with van der Waals surface area (Å²) in [4.78, 5) is 11.3. The lowest BCUT2D eigenvalue weighted by atomic mass is 10.2. The fraction of sp³-hybridized carbons (Fsp3) is 0.133. The van der Waals surface area contributed by atoms with E-state index in [0.717, 1.165) is 0 Å². The number of carbonyl (C=O) groups excluding carboxylic acids is 1. The molecule has 6 nitrogen and oxygen atoms in total. The first-order chi connectivity index (χ1) is 11.7. The van der Waals surface area contributed by atoms with Gasteiger partial charge in [0, 0.05) is 16.7 Å². The molecule has 0 fully saturated rings. The smallest absolute Gasteiger partial charge is 0.337 e. The number of ether oxygens (including phenoxy) is 3. The van der Waals surface area contributed by atoms with Gasteiger partial charge in [0.25, 0.3) is 9.05 Å². The van der Waals surface area contributed by atoms with Gasteiger partial charge in [-0.15, -0.1) is 0 Å². The van der Waals surface area contributed by atoms with Crippen molar-refractivity contribution >= 4 is 48.9 Å². The van der Waals surface area contributed by atoms with E-state index in [0.29, 0.717) is 0 Å². The van der Waals surface area contributed by atoms with Gasteiger partial charge in [0.05, 0.1) is 29.8 Å². The molecule has 0 aromatic heterocycles. The molecule has 0 aliphatic heterocycles. The quantitative estimate of drug-likeness (QED) is 0.518. The summed E-state index contributed by atoms with van der Waals surface area (Å²) in [6.07, 6.45) is 0. The molecule has 0 atom stereocenters. The van der Waals surface area contributed by atoms with Crippen molar-refractivity contribution in [1.82, 2.24) is 0 Å². The van der Waals surface area contributed by atoms with Crippen molar-refractivity contribution in [3.05, 3.63) is 45.9 Å². The minimum absolute atomic E-state index is 0.0407. The Labute approximate surface area is 158 Å². The van der Waals surface area contributed by atoms with Crippen molar-refractivity contribution in [2.75, 3.05) is 14.2 Å². The highest BCUT2D eigenvalue weighted by molar-refractivity contribution is 8.13. The summed E-state index contributed by atoms with van der Waals surface area (Å²) in [6, 6.07) is 6.62. The minimum atomic E-state index is -4.06. The molecule has 0 unspecified atom stereocenters. The van der Waals surface area contributed by atoms with Crippen LogP contribution in [0.3, 0.4) is 0 Å². The van der Waals surface area contributed by atoms with E-state index in [1.807, 2.05) is 0 Å². The Morgan fingerprint density at radius 2 is 1.64 bits per heavy atom. The Bertz CT molecular complexity index is 904. The SMILES string of the molecule is COC(=O)c1cc(Cl)c(Oc2ccc(OC)c(S(=O)(=O)Cl)c2)c(Cl)c1. The Balaban J connectivity index is 2.45. The highest BCUT2D eigenvalue weighted by atomic mass is 35.7. The van der Waals surface area contributed by atoms with Crippen molar-refractivity contribution in [1.29, 1.82) is 0 Å². The lowest BCUT2D eigenvalue weighted by Gasteiger charge is -2.13. The Morgan fingerprint density at radius 1 is 1.04 bits per heavy atom. The van der Waals surface area contributed by atoms with Gasteiger partial charge in [0.2, 0.25) is 0 Å². The van der Waals surface area contributed by atoms with Gasteiger partial charge in [-0.1, -0.05) is 23.2 Å². The number of hydrogen-bond donors (Lipinski definition) is 0. The zero-order valence-corrected chi connectivity index (χ0v) is 16.0. The van der Waals surface area contributed by atoms with Gasteiger partial charge in [-0.3, -0.25) is 0 Å². The predicted molar refractivity (Wildman–Crippen MR) is 93.9 cm³/mol. The van der Waals surface area contributed by atoms with E-state index in [4.69, 9.17) is 43.4 Å². The largest absolute Gasteiger partial charge is 0.495 e. The summed E-state index contributed by atoms with van der Waals surface area (Å²) in [5.41, 5.74) is 0.142. The fourth-order valence-electron chi connectivity index (χ4n) is 1.92. The third kappa shape index (κ3) is 4.49. The van der Waals surface area contributed by atoms with Crippen LogP contribution in [0.1, 0.15) is 10.4 Å². The molecule has 0 radical (unpaired) electrons. The molecule has 0 spiro atoms. The van der Waals surface area contributed by atoms with Crippen molar-refractivity contribution in [2.45, 2.75) is 4.90 Å². The number of halogens is 3. The van der Waals surface area contributed by atoms with Crippen LogP contribution in [-0.2, 0) is 13.8 Å². The molecular weight excluding hydrogens is 415 g/mol. The number of benzene rings is 2. The van der Waals surface area contributed by atoms with Crippen LogP contribution < -0.4 is 9.47 Å². The molecular formula is C15H11Cl3O6S. The second-order valence-corrected chi connectivity index (χ2v) is 7.96. The van der Waals surface area contributed by atoms with E-state index in [9.17, 15) is 13.2 Å². The van der Waals surface area contributed by atoms with E-state index in [1.54, 1.807) is 0 Å². The van der Waals surface area contributed by atoms with Gasteiger partial charge in [0.15, 0.2) is 5.75 Å². The molecule has 0 amide bonds. The molecule has 0 saturated carbocycles. The first-order valence-corrected chi connectivity index (χ1v) is 9.61. The van der Waals surface area contributed by atoms with Crippen LogP contribution in [0.2, 0.25) is 10.0 Å². The summed E-state index contributed by atoms with van der Waals surface area (Å²) in [7, 11) is 3.85. The van der Waals surface area contributed by atoms with Crippen LogP contribution in [0.25, 0.3) is 0 Å². The summed E-state index contributed by atoms with van der Waals surface area (Å²) >= 11 is 12.2. The average molecular weight is 426 g/mol. The molecule has 0 aliphatic rings. The topological polar surface area (TPSA) is 78.9 Å². The van der Waals surface area contributed by atoms with Gasteiger partial charge in [0.1, 0.15) is 16.4 Å². The van der Waals surface area contributed by atoms with Crippen molar-refractivity contribution in [3.8, 4) is 17.2 Å². The maximum Gasteiger partial charge on any atom is 0.337 e. The normalized spacial score (nSPS) is 11.1. The number of esters is 1. The van der Waals surface area contributed by atoms with E-state index in [-0.39, 0.29) is 37.8 Å². The van der Waals surface area contributed by atoms with Crippen molar-refractivity contribution < 1.29 is 27.4 Å². The summed E-state index contributed by atoms with van der Waals surface area (Å²) in [5, 5.41) is 0.0815. The van der Waals surface area contributed by atoms with Gasteiger partial charge in [-0.2, -0.15) is 0 Å². The first kappa shape index (κ1) is 19.7. The monoisotopic (exact) mass is 424 g/mol. The number of methoxy groups -OCH3 is 2. The molecule has 0 N–H and O–H groups in total. The van der Waals surface area contributed by atoms with Crippen LogP contribution in [0.4, 0.5) is 0 Å². The second kappa shape index (κ2) is 7.70. The third-order valence-electron chi connectivity index (χ3n) is 3.04. The van der Waals surface area contributed by atoms with Crippen molar-refractivity contribution in [2.24, 2.45) is 0 Å². The summed E-state index contributed by atoms with van der Waals surface area (Å²) < 4.78 is 38.4. The fourth-order valence-corrected chi connectivity index (χ4v) is 3.50. The zero-order chi connectivity index (χ0) is 18.8. The van der Waals surface area contributed by atoms with Gasteiger partial charge >= 0.3 is 5.97 Å². The average Bonchev–Trinajstić information content (AvgIpc) is 2.56. The lowest BCUT2D eigenvalue weighted by molar-refractivity contribution is 0.0600. The highest BCUT2D eigenvalue weighted by Crippen LogP contribution is 2.39. The summed E-state index contributed by atoms with van der Waals surface area (Å²) in [6.45, 7) is 0. The molecule has 0 heterocycles. The third-order valence-corrected chi connectivity index (χ3v) is 4.94. The zero-order valence-electron chi connectivity index (χ0n) is 12.9. The lowest BCUT2D eigenvalue weighted by Crippen LogP contribution is -2.02.